The Hall–Kier alpha value is -2.65. The van der Waals surface area contributed by atoms with Crippen LogP contribution in [0.2, 0.25) is 0 Å². The Bertz CT molecular complexity index is 755. The van der Waals surface area contributed by atoms with Gasteiger partial charge in [-0.05, 0) is 50.3 Å². The maximum atomic E-state index is 12.3. The number of ether oxygens (including phenoxy) is 1. The fourth-order valence-corrected chi connectivity index (χ4v) is 3.22. The molecule has 0 aliphatic heterocycles. The van der Waals surface area contributed by atoms with Gasteiger partial charge in [0.15, 0.2) is 0 Å². The van der Waals surface area contributed by atoms with Crippen LogP contribution in [-0.4, -0.2) is 59.3 Å². The minimum absolute atomic E-state index is 0.0292. The number of nitrogens with two attached hydrogens (primary N) is 1. The molecule has 4 unspecified atom stereocenters. The molecule has 9 nitrogen and oxygen atoms in total. The van der Waals surface area contributed by atoms with Gasteiger partial charge < -0.3 is 31.3 Å². The third-order valence-electron chi connectivity index (χ3n) is 5.24. The first-order valence-electron chi connectivity index (χ1n) is 11.6. The Kier molecular flexibility index (Phi) is 13.1. The molecule has 186 valence electrons. The van der Waals surface area contributed by atoms with Crippen molar-refractivity contribution in [3.8, 4) is 5.75 Å². The maximum absolute atomic E-state index is 12.3. The molecule has 6 N–H and O–H groups in total. The number of rotatable bonds is 16. The lowest BCUT2D eigenvalue weighted by atomic mass is 9.93. The van der Waals surface area contributed by atoms with Crippen LogP contribution in [0.4, 0.5) is 0 Å². The summed E-state index contributed by atoms with van der Waals surface area (Å²) < 4.78 is 5.62. The summed E-state index contributed by atoms with van der Waals surface area (Å²) in [4.78, 5) is 35.2. The summed E-state index contributed by atoms with van der Waals surface area (Å²) in [5.74, 6) is -1.23. The van der Waals surface area contributed by atoms with Crippen molar-refractivity contribution in [2.75, 3.05) is 13.2 Å². The second-order valence-electron chi connectivity index (χ2n) is 8.45. The van der Waals surface area contributed by atoms with Gasteiger partial charge in [0.25, 0.3) is 0 Å². The average molecular weight is 466 g/mol. The lowest BCUT2D eigenvalue weighted by Gasteiger charge is -2.27. The van der Waals surface area contributed by atoms with E-state index in [1.54, 1.807) is 32.0 Å². The summed E-state index contributed by atoms with van der Waals surface area (Å²) in [6.07, 6.45) is 1.84. The summed E-state index contributed by atoms with van der Waals surface area (Å²) in [6.45, 7) is 6.23. The Balaban J connectivity index is 2.81. The molecule has 1 aromatic carbocycles. The number of carbonyl (C=O) groups is 3. The predicted octanol–water partition coefficient (Wildman–Crippen LogP) is 1.61. The third kappa shape index (κ3) is 11.7. The number of aliphatic hydroxyl groups excluding tert-OH is 1. The number of carbonyl (C=O) groups excluding carboxylic acids is 2. The van der Waals surface area contributed by atoms with Crippen LogP contribution in [-0.2, 0) is 20.8 Å². The van der Waals surface area contributed by atoms with Crippen molar-refractivity contribution in [2.45, 2.75) is 77.5 Å². The monoisotopic (exact) mass is 465 g/mol. The molecule has 33 heavy (non-hydrogen) atoms. The first-order chi connectivity index (χ1) is 15.6. The minimum Gasteiger partial charge on any atom is -0.494 e. The molecule has 0 fully saturated rings. The third-order valence-corrected chi connectivity index (χ3v) is 5.24. The lowest BCUT2D eigenvalue weighted by molar-refractivity contribution is -0.137. The number of carboxylic acid groups (broad SMARTS) is 1. The maximum Gasteiger partial charge on any atom is 0.303 e. The average Bonchev–Trinajstić information content (AvgIpc) is 2.76. The Labute approximate surface area is 196 Å². The molecule has 0 heterocycles. The molecule has 0 bridgehead atoms. The fourth-order valence-electron chi connectivity index (χ4n) is 3.22. The van der Waals surface area contributed by atoms with Gasteiger partial charge >= 0.3 is 5.97 Å². The molecular formula is C24H39N3O6. The van der Waals surface area contributed by atoms with Crippen molar-refractivity contribution in [3.63, 3.8) is 0 Å². The van der Waals surface area contributed by atoms with Crippen LogP contribution in [0, 0.1) is 5.92 Å². The topological polar surface area (TPSA) is 151 Å². The minimum atomic E-state index is -0.959. The van der Waals surface area contributed by atoms with Crippen molar-refractivity contribution in [1.29, 1.82) is 0 Å². The SMILES string of the molecule is CCCCNC(=O)C(C)CC(O)C(Cc1cccc(OCCCC(=O)O)c1)NC(=O)C(C)N. The molecule has 0 aliphatic carbocycles. The number of aliphatic hydroxyl groups is 1. The molecule has 0 saturated carbocycles. The first-order valence-corrected chi connectivity index (χ1v) is 11.6. The zero-order valence-corrected chi connectivity index (χ0v) is 19.9. The second-order valence-corrected chi connectivity index (χ2v) is 8.45. The smallest absolute Gasteiger partial charge is 0.303 e. The van der Waals surface area contributed by atoms with Crippen LogP contribution in [0.25, 0.3) is 0 Å². The van der Waals surface area contributed by atoms with Gasteiger partial charge in [0.2, 0.25) is 11.8 Å². The van der Waals surface area contributed by atoms with Crippen LogP contribution >= 0.6 is 0 Å². The molecule has 2 amide bonds. The molecule has 0 spiro atoms. The van der Waals surface area contributed by atoms with Crippen molar-refractivity contribution in [3.05, 3.63) is 29.8 Å². The number of nitrogens with one attached hydrogen (secondary N) is 2. The van der Waals surface area contributed by atoms with Gasteiger partial charge in [-0.3, -0.25) is 14.4 Å². The number of carboxylic acids is 1. The zero-order chi connectivity index (χ0) is 24.8. The standard InChI is InChI=1S/C24H39N3O6/c1-4-5-11-26-23(31)16(2)13-21(28)20(27-24(32)17(3)25)15-18-8-6-9-19(14-18)33-12-7-10-22(29)30/h6,8-9,14,16-17,20-21,28H,4-5,7,10-13,15,25H2,1-3H3,(H,26,31)(H,27,32)(H,29,30). The Morgan fingerprint density at radius 2 is 1.88 bits per heavy atom. The number of unbranched alkanes of at least 4 members (excludes halogenated alkanes) is 1. The van der Waals surface area contributed by atoms with E-state index in [0.717, 1.165) is 18.4 Å². The van der Waals surface area contributed by atoms with E-state index in [1.807, 2.05) is 13.0 Å². The highest BCUT2D eigenvalue weighted by molar-refractivity contribution is 5.81. The van der Waals surface area contributed by atoms with E-state index in [4.69, 9.17) is 15.6 Å². The number of hydrogen-bond donors (Lipinski definition) is 5. The molecule has 0 saturated heterocycles. The molecule has 0 radical (unpaired) electrons. The molecule has 9 heteroatoms. The Morgan fingerprint density at radius 1 is 1.15 bits per heavy atom. The van der Waals surface area contributed by atoms with Gasteiger partial charge in [-0.25, -0.2) is 0 Å². The number of benzene rings is 1. The van der Waals surface area contributed by atoms with Gasteiger partial charge in [-0.1, -0.05) is 32.4 Å². The van der Waals surface area contributed by atoms with Crippen molar-refractivity contribution >= 4 is 17.8 Å². The van der Waals surface area contributed by atoms with E-state index >= 15 is 0 Å². The summed E-state index contributed by atoms with van der Waals surface area (Å²) >= 11 is 0. The largest absolute Gasteiger partial charge is 0.494 e. The number of aliphatic carboxylic acids is 1. The van der Waals surface area contributed by atoms with Crippen molar-refractivity contribution in [2.24, 2.45) is 11.7 Å². The summed E-state index contributed by atoms with van der Waals surface area (Å²) in [5.41, 5.74) is 6.51. The number of amides is 2. The predicted molar refractivity (Wildman–Crippen MR) is 126 cm³/mol. The van der Waals surface area contributed by atoms with Crippen LogP contribution in [0.3, 0.4) is 0 Å². The van der Waals surface area contributed by atoms with E-state index < -0.39 is 30.1 Å². The summed E-state index contributed by atoms with van der Waals surface area (Å²) in [5, 5.41) is 25.2. The van der Waals surface area contributed by atoms with E-state index in [2.05, 4.69) is 10.6 Å². The highest BCUT2D eigenvalue weighted by atomic mass is 16.5. The van der Waals surface area contributed by atoms with Crippen molar-refractivity contribution < 1.29 is 29.3 Å². The molecular weight excluding hydrogens is 426 g/mol. The van der Waals surface area contributed by atoms with Gasteiger partial charge in [0.1, 0.15) is 5.75 Å². The van der Waals surface area contributed by atoms with Crippen LogP contribution in [0.5, 0.6) is 5.75 Å². The van der Waals surface area contributed by atoms with Crippen LogP contribution < -0.4 is 21.1 Å². The highest BCUT2D eigenvalue weighted by Gasteiger charge is 2.27. The molecule has 0 aliphatic rings. The lowest BCUT2D eigenvalue weighted by Crippen LogP contribution is -2.50. The second kappa shape index (κ2) is 15.2. The van der Waals surface area contributed by atoms with Gasteiger partial charge in [0, 0.05) is 18.9 Å². The number of hydrogen-bond acceptors (Lipinski definition) is 6. The molecule has 1 aromatic rings. The molecule has 4 atom stereocenters. The quantitative estimate of drug-likeness (QED) is 0.233. The van der Waals surface area contributed by atoms with Gasteiger partial charge in [-0.2, -0.15) is 0 Å². The fraction of sp³-hybridized carbons (Fsp3) is 0.625. The molecule has 0 aromatic heterocycles. The molecule has 1 rings (SSSR count). The zero-order valence-electron chi connectivity index (χ0n) is 19.9. The normalized spacial score (nSPS) is 14.6. The summed E-state index contributed by atoms with van der Waals surface area (Å²) in [7, 11) is 0. The summed E-state index contributed by atoms with van der Waals surface area (Å²) in [6, 6.07) is 5.82. The van der Waals surface area contributed by atoms with Crippen LogP contribution in [0.1, 0.15) is 58.4 Å². The van der Waals surface area contributed by atoms with E-state index in [0.29, 0.717) is 25.1 Å². The first kappa shape index (κ1) is 28.4. The van der Waals surface area contributed by atoms with Crippen LogP contribution in [0.15, 0.2) is 24.3 Å². The van der Waals surface area contributed by atoms with Gasteiger partial charge in [0.05, 0.1) is 24.8 Å². The van der Waals surface area contributed by atoms with Gasteiger partial charge in [-0.15, -0.1) is 0 Å². The highest BCUT2D eigenvalue weighted by Crippen LogP contribution is 2.18. The van der Waals surface area contributed by atoms with Crippen molar-refractivity contribution in [1.82, 2.24) is 10.6 Å². The van der Waals surface area contributed by atoms with E-state index in [9.17, 15) is 19.5 Å². The van der Waals surface area contributed by atoms with E-state index in [-0.39, 0.29) is 31.3 Å². The Morgan fingerprint density at radius 3 is 2.52 bits per heavy atom. The van der Waals surface area contributed by atoms with E-state index in [1.165, 1.54) is 0 Å².